The Morgan fingerprint density at radius 3 is 2.24 bits per heavy atom. The first-order valence-corrected chi connectivity index (χ1v) is 7.00. The van der Waals surface area contributed by atoms with Gasteiger partial charge in [-0.3, -0.25) is 13.6 Å². The molecule has 0 aromatic carbocycles. The second-order valence-electron chi connectivity index (χ2n) is 3.51. The molecule has 1 aliphatic heterocycles. The first-order valence-electron chi connectivity index (χ1n) is 5.53. The van der Waals surface area contributed by atoms with Gasteiger partial charge in [0.15, 0.2) is 0 Å². The van der Waals surface area contributed by atoms with E-state index in [1.807, 2.05) is 0 Å². The second-order valence-corrected chi connectivity index (χ2v) is 5.18. The van der Waals surface area contributed by atoms with Crippen molar-refractivity contribution in [2.45, 2.75) is 32.2 Å². The summed E-state index contributed by atoms with van der Waals surface area (Å²) in [7, 11) is -3.59. The van der Waals surface area contributed by atoms with Gasteiger partial charge in [0.1, 0.15) is 18.3 Å². The van der Waals surface area contributed by atoms with Gasteiger partial charge >= 0.3 is 7.82 Å². The molecule has 1 fully saturated rings. The fourth-order valence-electron chi connectivity index (χ4n) is 1.41. The molecule has 1 heterocycles. The van der Waals surface area contributed by atoms with Crippen molar-refractivity contribution in [3.8, 4) is 0 Å². The standard InChI is InChI=1S/C9H19O7P/c1-3-14-17(12,15-4-2)16-6-8-9(11)7(10)5-13-8/h7-11H,3-6H2,1-2H3/t7-,8+,9-/m1/s1. The van der Waals surface area contributed by atoms with Crippen LogP contribution in [0.25, 0.3) is 0 Å². The molecule has 102 valence electrons. The lowest BCUT2D eigenvalue weighted by Gasteiger charge is -2.20. The summed E-state index contributed by atoms with van der Waals surface area (Å²) in [5, 5.41) is 18.7. The monoisotopic (exact) mass is 270 g/mol. The fraction of sp³-hybridized carbons (Fsp3) is 1.00. The molecule has 2 N–H and O–H groups in total. The van der Waals surface area contributed by atoms with Crippen LogP contribution in [0.1, 0.15) is 13.8 Å². The maximum atomic E-state index is 11.9. The number of aliphatic hydroxyl groups is 2. The summed E-state index contributed by atoms with van der Waals surface area (Å²) in [6.45, 7) is 3.58. The third-order valence-electron chi connectivity index (χ3n) is 2.23. The Morgan fingerprint density at radius 1 is 1.24 bits per heavy atom. The van der Waals surface area contributed by atoms with Gasteiger partial charge in [-0.2, -0.15) is 0 Å². The zero-order valence-corrected chi connectivity index (χ0v) is 10.8. The second kappa shape index (κ2) is 6.80. The predicted molar refractivity (Wildman–Crippen MR) is 58.6 cm³/mol. The van der Waals surface area contributed by atoms with Gasteiger partial charge in [-0.15, -0.1) is 0 Å². The van der Waals surface area contributed by atoms with Crippen LogP contribution in [-0.4, -0.2) is 55.0 Å². The van der Waals surface area contributed by atoms with Crippen LogP contribution in [0.2, 0.25) is 0 Å². The molecule has 1 rings (SSSR count). The molecule has 3 atom stereocenters. The minimum atomic E-state index is -3.59. The van der Waals surface area contributed by atoms with Crippen LogP contribution in [0.3, 0.4) is 0 Å². The van der Waals surface area contributed by atoms with E-state index in [4.69, 9.17) is 18.3 Å². The van der Waals surface area contributed by atoms with Crippen LogP contribution >= 0.6 is 7.82 Å². The van der Waals surface area contributed by atoms with E-state index in [1.54, 1.807) is 13.8 Å². The molecule has 17 heavy (non-hydrogen) atoms. The zero-order chi connectivity index (χ0) is 12.9. The van der Waals surface area contributed by atoms with E-state index in [-0.39, 0.29) is 26.4 Å². The average Bonchev–Trinajstić information content (AvgIpc) is 2.58. The summed E-state index contributed by atoms with van der Waals surface area (Å²) >= 11 is 0. The van der Waals surface area contributed by atoms with Crippen LogP contribution < -0.4 is 0 Å². The smallest absolute Gasteiger partial charge is 0.388 e. The Morgan fingerprint density at radius 2 is 1.82 bits per heavy atom. The molecule has 0 bridgehead atoms. The SMILES string of the molecule is CCOP(=O)(OCC)OC[C@@H]1OC[C@@H](O)[C@H]1O. The summed E-state index contributed by atoms with van der Waals surface area (Å²) < 4.78 is 31.8. The third kappa shape index (κ3) is 4.30. The van der Waals surface area contributed by atoms with E-state index in [2.05, 4.69) is 0 Å². The minimum Gasteiger partial charge on any atom is -0.388 e. The predicted octanol–water partition coefficient (Wildman–Crippen LogP) is 0.305. The van der Waals surface area contributed by atoms with Crippen molar-refractivity contribution < 1.29 is 33.1 Å². The maximum Gasteiger partial charge on any atom is 0.474 e. The molecule has 1 aliphatic rings. The lowest BCUT2D eigenvalue weighted by atomic mass is 10.2. The van der Waals surface area contributed by atoms with Gasteiger partial charge in [0.25, 0.3) is 0 Å². The lowest BCUT2D eigenvalue weighted by molar-refractivity contribution is -0.0107. The van der Waals surface area contributed by atoms with Crippen molar-refractivity contribution in [1.82, 2.24) is 0 Å². The molecular formula is C9H19O7P. The maximum absolute atomic E-state index is 11.9. The number of ether oxygens (including phenoxy) is 1. The average molecular weight is 270 g/mol. The summed E-state index contributed by atoms with van der Waals surface area (Å²) in [6.07, 6.45) is -2.71. The van der Waals surface area contributed by atoms with Gasteiger partial charge in [0.2, 0.25) is 0 Å². The van der Waals surface area contributed by atoms with Crippen molar-refractivity contribution in [2.75, 3.05) is 26.4 Å². The van der Waals surface area contributed by atoms with Crippen LogP contribution in [0.15, 0.2) is 0 Å². The van der Waals surface area contributed by atoms with E-state index >= 15 is 0 Å². The topological polar surface area (TPSA) is 94.5 Å². The Balaban J connectivity index is 2.44. The first-order chi connectivity index (χ1) is 8.02. The molecule has 1 saturated heterocycles. The number of aliphatic hydroxyl groups excluding tert-OH is 2. The van der Waals surface area contributed by atoms with Gasteiger partial charge in [-0.1, -0.05) is 0 Å². The molecule has 0 radical (unpaired) electrons. The van der Waals surface area contributed by atoms with Crippen LogP contribution in [-0.2, 0) is 22.9 Å². The van der Waals surface area contributed by atoms with Gasteiger partial charge in [0, 0.05) is 0 Å². The molecule has 0 spiro atoms. The first kappa shape index (κ1) is 15.0. The van der Waals surface area contributed by atoms with Crippen LogP contribution in [0.5, 0.6) is 0 Å². The van der Waals surface area contributed by atoms with Gasteiger partial charge in [-0.05, 0) is 13.8 Å². The Kier molecular flexibility index (Phi) is 6.02. The quantitative estimate of drug-likeness (QED) is 0.642. The summed E-state index contributed by atoms with van der Waals surface area (Å²) in [5.41, 5.74) is 0. The molecule has 7 nitrogen and oxygen atoms in total. The van der Waals surface area contributed by atoms with E-state index < -0.39 is 26.1 Å². The van der Waals surface area contributed by atoms with Crippen molar-refractivity contribution in [3.05, 3.63) is 0 Å². The zero-order valence-electron chi connectivity index (χ0n) is 9.94. The number of hydrogen-bond acceptors (Lipinski definition) is 7. The summed E-state index contributed by atoms with van der Waals surface area (Å²) in [6, 6.07) is 0. The number of phosphoric ester groups is 1. The molecule has 0 aliphatic carbocycles. The minimum absolute atomic E-state index is 0.0305. The normalized spacial score (nSPS) is 29.8. The van der Waals surface area contributed by atoms with Crippen molar-refractivity contribution in [3.63, 3.8) is 0 Å². The highest BCUT2D eigenvalue weighted by Crippen LogP contribution is 2.49. The van der Waals surface area contributed by atoms with Gasteiger partial charge in [0.05, 0.1) is 26.4 Å². The van der Waals surface area contributed by atoms with E-state index in [1.165, 1.54) is 0 Å². The molecule has 8 heteroatoms. The summed E-state index contributed by atoms with van der Waals surface area (Å²) in [5.74, 6) is 0. The highest BCUT2D eigenvalue weighted by atomic mass is 31.2. The highest BCUT2D eigenvalue weighted by Gasteiger charge is 2.37. The molecule has 0 aromatic heterocycles. The third-order valence-corrected chi connectivity index (χ3v) is 3.84. The Labute approximate surface area is 100 Å². The van der Waals surface area contributed by atoms with E-state index in [0.29, 0.717) is 0 Å². The lowest BCUT2D eigenvalue weighted by Crippen LogP contribution is -2.32. The molecule has 0 saturated carbocycles. The molecule has 0 amide bonds. The summed E-state index contributed by atoms with van der Waals surface area (Å²) in [4.78, 5) is 0. The Hall–Kier alpha value is -0.0100. The van der Waals surface area contributed by atoms with Crippen LogP contribution in [0, 0.1) is 0 Å². The largest absolute Gasteiger partial charge is 0.474 e. The Bertz CT molecular complexity index is 262. The van der Waals surface area contributed by atoms with Crippen molar-refractivity contribution in [2.24, 2.45) is 0 Å². The van der Waals surface area contributed by atoms with Crippen molar-refractivity contribution >= 4 is 7.82 Å². The number of phosphoric acid groups is 1. The molecular weight excluding hydrogens is 251 g/mol. The van der Waals surface area contributed by atoms with Crippen LogP contribution in [0.4, 0.5) is 0 Å². The van der Waals surface area contributed by atoms with Crippen molar-refractivity contribution in [1.29, 1.82) is 0 Å². The number of rotatable bonds is 7. The molecule has 0 aromatic rings. The van der Waals surface area contributed by atoms with E-state index in [9.17, 15) is 14.8 Å². The highest BCUT2D eigenvalue weighted by molar-refractivity contribution is 7.48. The number of hydrogen-bond donors (Lipinski definition) is 2. The fourth-order valence-corrected chi connectivity index (χ4v) is 2.59. The van der Waals surface area contributed by atoms with Gasteiger partial charge < -0.3 is 14.9 Å². The molecule has 0 unspecified atom stereocenters. The van der Waals surface area contributed by atoms with Gasteiger partial charge in [-0.25, -0.2) is 4.57 Å². The van der Waals surface area contributed by atoms with E-state index in [0.717, 1.165) is 0 Å².